The first-order chi connectivity index (χ1) is 8.76. The van der Waals surface area contributed by atoms with Crippen LogP contribution in [0.15, 0.2) is 18.2 Å². The zero-order valence-electron chi connectivity index (χ0n) is 12.1. The molecule has 1 aromatic carbocycles. The molecule has 0 radical (unpaired) electrons. The molecule has 1 aliphatic carbocycles. The van der Waals surface area contributed by atoms with E-state index >= 15 is 0 Å². The molecule has 1 N–H and O–H groups in total. The summed E-state index contributed by atoms with van der Waals surface area (Å²) in [5.74, 6) is 0.411. The summed E-state index contributed by atoms with van der Waals surface area (Å²) in [7, 11) is 0. The highest BCUT2D eigenvalue weighted by Gasteiger charge is 2.25. The van der Waals surface area contributed by atoms with Crippen molar-refractivity contribution in [1.29, 1.82) is 0 Å². The van der Waals surface area contributed by atoms with Gasteiger partial charge in [0, 0.05) is 6.04 Å². The maximum Gasteiger partial charge on any atom is 0.115 e. The number of hydrogen-bond acceptors (Lipinski definition) is 2. The van der Waals surface area contributed by atoms with Gasteiger partial charge in [-0.1, -0.05) is 19.9 Å². The monoisotopic (exact) mass is 327 g/mol. The van der Waals surface area contributed by atoms with Crippen molar-refractivity contribution in [2.75, 3.05) is 13.1 Å². The zero-order valence-corrected chi connectivity index (χ0v) is 13.8. The highest BCUT2D eigenvalue weighted by atomic mass is 79.9. The van der Waals surface area contributed by atoms with E-state index < -0.39 is 0 Å². The molecular formula is C16H26BrNO. The molecule has 0 spiro atoms. The standard InChI is InChI=1S/C16H25NO.BrH/c1-3-10-17(11-4-2)16-7-5-6-13-8-9-14(18)12-15(13)16;/h8-9,12,16,18H,3-7,10-11H2,1-2H3;1H. The highest BCUT2D eigenvalue weighted by Crippen LogP contribution is 2.36. The first-order valence-electron chi connectivity index (χ1n) is 7.32. The van der Waals surface area contributed by atoms with E-state index in [1.165, 1.54) is 36.8 Å². The van der Waals surface area contributed by atoms with Gasteiger partial charge in [0.15, 0.2) is 0 Å². The molecule has 2 nitrogen and oxygen atoms in total. The van der Waals surface area contributed by atoms with Gasteiger partial charge in [-0.2, -0.15) is 0 Å². The third-order valence-corrected chi connectivity index (χ3v) is 3.87. The Labute approximate surface area is 127 Å². The van der Waals surface area contributed by atoms with E-state index in [1.807, 2.05) is 12.1 Å². The maximum atomic E-state index is 9.73. The van der Waals surface area contributed by atoms with E-state index in [9.17, 15) is 5.11 Å². The largest absolute Gasteiger partial charge is 0.508 e. The van der Waals surface area contributed by atoms with Crippen molar-refractivity contribution in [3.8, 4) is 5.75 Å². The number of nitrogens with zero attached hydrogens (tertiary/aromatic N) is 1. The summed E-state index contributed by atoms with van der Waals surface area (Å²) in [6.45, 7) is 6.81. The van der Waals surface area contributed by atoms with E-state index in [0.717, 1.165) is 19.5 Å². The summed E-state index contributed by atoms with van der Waals surface area (Å²) in [5, 5.41) is 9.73. The predicted octanol–water partition coefficient (Wildman–Crippen LogP) is 4.47. The van der Waals surface area contributed by atoms with E-state index in [-0.39, 0.29) is 17.0 Å². The summed E-state index contributed by atoms with van der Waals surface area (Å²) in [5.41, 5.74) is 2.80. The predicted molar refractivity (Wildman–Crippen MR) is 86.3 cm³/mol. The highest BCUT2D eigenvalue weighted by molar-refractivity contribution is 8.93. The fourth-order valence-electron chi connectivity index (χ4n) is 3.14. The molecule has 0 aliphatic heterocycles. The zero-order chi connectivity index (χ0) is 13.0. The number of hydrogen-bond donors (Lipinski definition) is 1. The maximum absolute atomic E-state index is 9.73. The van der Waals surface area contributed by atoms with Crippen LogP contribution in [0.1, 0.15) is 56.7 Å². The van der Waals surface area contributed by atoms with Crippen LogP contribution in [0.25, 0.3) is 0 Å². The first-order valence-corrected chi connectivity index (χ1v) is 7.32. The number of halogens is 1. The van der Waals surface area contributed by atoms with Crippen LogP contribution in [-0.2, 0) is 6.42 Å². The Morgan fingerprint density at radius 2 is 1.89 bits per heavy atom. The summed E-state index contributed by atoms with van der Waals surface area (Å²) in [6, 6.07) is 6.43. The third-order valence-electron chi connectivity index (χ3n) is 3.87. The molecule has 0 saturated carbocycles. The second-order valence-electron chi connectivity index (χ2n) is 5.33. The van der Waals surface area contributed by atoms with Crippen LogP contribution >= 0.6 is 17.0 Å². The average Bonchev–Trinajstić information content (AvgIpc) is 2.38. The number of rotatable bonds is 5. The van der Waals surface area contributed by atoms with Gasteiger partial charge in [-0.3, -0.25) is 4.90 Å². The fraction of sp³-hybridized carbons (Fsp3) is 0.625. The van der Waals surface area contributed by atoms with Gasteiger partial charge < -0.3 is 5.11 Å². The number of aryl methyl sites for hydroxylation is 1. The molecule has 1 aliphatic rings. The Balaban J connectivity index is 0.00000180. The van der Waals surface area contributed by atoms with E-state index in [1.54, 1.807) is 0 Å². The smallest absolute Gasteiger partial charge is 0.115 e. The first kappa shape index (κ1) is 16.5. The average molecular weight is 328 g/mol. The van der Waals surface area contributed by atoms with Gasteiger partial charge in [-0.05, 0) is 68.5 Å². The Bertz CT molecular complexity index is 388. The third kappa shape index (κ3) is 3.96. The van der Waals surface area contributed by atoms with E-state index in [2.05, 4.69) is 24.8 Å². The minimum absolute atomic E-state index is 0. The van der Waals surface area contributed by atoms with Crippen LogP contribution in [0.5, 0.6) is 5.75 Å². The molecule has 1 aromatic rings. The SMILES string of the molecule is Br.CCCN(CCC)C1CCCc2ccc(O)cc21. The van der Waals surface area contributed by atoms with Crippen molar-refractivity contribution in [2.24, 2.45) is 0 Å². The van der Waals surface area contributed by atoms with Gasteiger partial charge in [0.1, 0.15) is 5.75 Å². The molecule has 0 saturated heterocycles. The summed E-state index contributed by atoms with van der Waals surface area (Å²) >= 11 is 0. The van der Waals surface area contributed by atoms with E-state index in [4.69, 9.17) is 0 Å². The molecular weight excluding hydrogens is 302 g/mol. The molecule has 0 bridgehead atoms. The Morgan fingerprint density at radius 1 is 1.21 bits per heavy atom. The van der Waals surface area contributed by atoms with Crippen molar-refractivity contribution in [3.63, 3.8) is 0 Å². The fourth-order valence-corrected chi connectivity index (χ4v) is 3.14. The van der Waals surface area contributed by atoms with Gasteiger partial charge in [0.05, 0.1) is 0 Å². The lowest BCUT2D eigenvalue weighted by Gasteiger charge is -2.35. The molecule has 0 amide bonds. The van der Waals surface area contributed by atoms with Crippen LogP contribution in [0.4, 0.5) is 0 Å². The minimum Gasteiger partial charge on any atom is -0.508 e. The second kappa shape index (κ2) is 7.91. The normalized spacial score (nSPS) is 17.9. The van der Waals surface area contributed by atoms with Crippen LogP contribution < -0.4 is 0 Å². The van der Waals surface area contributed by atoms with Crippen molar-refractivity contribution in [2.45, 2.75) is 52.0 Å². The number of aromatic hydroxyl groups is 1. The Hall–Kier alpha value is -0.540. The Morgan fingerprint density at radius 3 is 2.53 bits per heavy atom. The minimum atomic E-state index is 0. The molecule has 2 rings (SSSR count). The number of benzene rings is 1. The molecule has 1 unspecified atom stereocenters. The van der Waals surface area contributed by atoms with Gasteiger partial charge in [0.25, 0.3) is 0 Å². The van der Waals surface area contributed by atoms with Gasteiger partial charge in [-0.25, -0.2) is 0 Å². The molecule has 0 aromatic heterocycles. The lowest BCUT2D eigenvalue weighted by Crippen LogP contribution is -2.32. The summed E-state index contributed by atoms with van der Waals surface area (Å²) < 4.78 is 0. The molecule has 19 heavy (non-hydrogen) atoms. The second-order valence-corrected chi connectivity index (χ2v) is 5.33. The van der Waals surface area contributed by atoms with Crippen molar-refractivity contribution >= 4 is 17.0 Å². The van der Waals surface area contributed by atoms with Crippen molar-refractivity contribution in [1.82, 2.24) is 4.90 Å². The molecule has 0 heterocycles. The summed E-state index contributed by atoms with van der Waals surface area (Å²) in [4.78, 5) is 2.59. The number of fused-ring (bicyclic) bond motifs is 1. The van der Waals surface area contributed by atoms with Crippen LogP contribution in [0.3, 0.4) is 0 Å². The van der Waals surface area contributed by atoms with Crippen LogP contribution in [0, 0.1) is 0 Å². The lowest BCUT2D eigenvalue weighted by atomic mass is 9.86. The number of phenols is 1. The molecule has 3 heteroatoms. The lowest BCUT2D eigenvalue weighted by molar-refractivity contribution is 0.178. The van der Waals surface area contributed by atoms with Gasteiger partial charge in [-0.15, -0.1) is 17.0 Å². The quantitative estimate of drug-likeness (QED) is 0.862. The molecule has 1 atom stereocenters. The molecule has 108 valence electrons. The summed E-state index contributed by atoms with van der Waals surface area (Å²) in [6.07, 6.45) is 6.07. The van der Waals surface area contributed by atoms with E-state index in [0.29, 0.717) is 11.8 Å². The van der Waals surface area contributed by atoms with Crippen LogP contribution in [-0.4, -0.2) is 23.1 Å². The van der Waals surface area contributed by atoms with Crippen molar-refractivity contribution in [3.05, 3.63) is 29.3 Å². The molecule has 0 fully saturated rings. The van der Waals surface area contributed by atoms with Gasteiger partial charge in [0.2, 0.25) is 0 Å². The van der Waals surface area contributed by atoms with Crippen molar-refractivity contribution < 1.29 is 5.11 Å². The van der Waals surface area contributed by atoms with Gasteiger partial charge >= 0.3 is 0 Å². The topological polar surface area (TPSA) is 23.5 Å². The van der Waals surface area contributed by atoms with Crippen LogP contribution in [0.2, 0.25) is 0 Å². The number of phenolic OH excluding ortho intramolecular Hbond substituents is 1. The Kier molecular flexibility index (Phi) is 6.87.